The van der Waals surface area contributed by atoms with E-state index in [4.69, 9.17) is 17.0 Å². The Hall–Kier alpha value is -1.86. The van der Waals surface area contributed by atoms with Crippen LogP contribution < -0.4 is 15.0 Å². The summed E-state index contributed by atoms with van der Waals surface area (Å²) in [6, 6.07) is 5.73. The van der Waals surface area contributed by atoms with E-state index in [0.29, 0.717) is 22.4 Å². The zero-order valence-corrected chi connectivity index (χ0v) is 16.0. The molecule has 136 valence electrons. The number of thiocarbonyl (C=S) groups is 1. The lowest BCUT2D eigenvalue weighted by molar-refractivity contribution is -0.122. The molecule has 1 saturated heterocycles. The summed E-state index contributed by atoms with van der Waals surface area (Å²) in [7, 11) is 0. The van der Waals surface area contributed by atoms with Gasteiger partial charge in [-0.2, -0.15) is 0 Å². The summed E-state index contributed by atoms with van der Waals surface area (Å²) in [5, 5.41) is 2.62. The van der Waals surface area contributed by atoms with Gasteiger partial charge in [0, 0.05) is 12.5 Å². The summed E-state index contributed by atoms with van der Waals surface area (Å²) < 4.78 is 6.30. The van der Waals surface area contributed by atoms with Crippen LogP contribution in [0.1, 0.15) is 37.7 Å². The maximum Gasteiger partial charge on any atom is 0.263 e. The summed E-state index contributed by atoms with van der Waals surface area (Å²) in [6.07, 6.45) is 6.84. The van der Waals surface area contributed by atoms with E-state index in [-0.39, 0.29) is 17.7 Å². The summed E-state index contributed by atoms with van der Waals surface area (Å²) in [4.78, 5) is 27.4. The third-order valence-electron chi connectivity index (χ3n) is 4.97. The molecule has 0 unspecified atom stereocenters. The second-order valence-electron chi connectivity index (χ2n) is 6.75. The van der Waals surface area contributed by atoms with Crippen LogP contribution in [0.15, 0.2) is 23.1 Å². The molecule has 0 radical (unpaired) electrons. The van der Waals surface area contributed by atoms with Crippen LogP contribution in [0.5, 0.6) is 5.75 Å². The number of fused-ring (bicyclic) bond motifs is 1. The second kappa shape index (κ2) is 7.40. The Kier molecular flexibility index (Phi) is 5.00. The molecule has 2 heterocycles. The molecular formula is C19H20N2O3S2. The van der Waals surface area contributed by atoms with Crippen molar-refractivity contribution in [3.63, 3.8) is 0 Å². The van der Waals surface area contributed by atoms with Gasteiger partial charge in [0.25, 0.3) is 5.91 Å². The molecule has 2 aliphatic heterocycles. The van der Waals surface area contributed by atoms with E-state index in [2.05, 4.69) is 5.32 Å². The van der Waals surface area contributed by atoms with Gasteiger partial charge < -0.3 is 15.0 Å². The fourth-order valence-electron chi connectivity index (χ4n) is 3.68. The molecule has 7 heteroatoms. The van der Waals surface area contributed by atoms with Gasteiger partial charge in [-0.15, -0.1) is 0 Å². The van der Waals surface area contributed by atoms with Gasteiger partial charge in [-0.25, -0.2) is 0 Å². The molecule has 1 aliphatic carbocycles. The predicted molar refractivity (Wildman–Crippen MR) is 107 cm³/mol. The average Bonchev–Trinajstić information content (AvgIpc) is 3.20. The maximum atomic E-state index is 13.0. The molecule has 0 aromatic heterocycles. The zero-order chi connectivity index (χ0) is 18.1. The van der Waals surface area contributed by atoms with Crippen molar-refractivity contribution < 1.29 is 14.3 Å². The minimum atomic E-state index is -0.176. The summed E-state index contributed by atoms with van der Waals surface area (Å²) in [6.45, 7) is 1.27. The Morgan fingerprint density at radius 2 is 2.12 bits per heavy atom. The number of amides is 2. The van der Waals surface area contributed by atoms with Gasteiger partial charge in [-0.05, 0) is 43.0 Å². The van der Waals surface area contributed by atoms with Crippen LogP contribution in [0, 0.1) is 5.92 Å². The Morgan fingerprint density at radius 1 is 1.31 bits per heavy atom. The van der Waals surface area contributed by atoms with E-state index < -0.39 is 0 Å². The molecule has 2 amide bonds. The monoisotopic (exact) mass is 388 g/mol. The van der Waals surface area contributed by atoms with E-state index in [0.717, 1.165) is 49.1 Å². The first kappa shape index (κ1) is 17.5. The normalized spacial score (nSPS) is 22.2. The molecule has 1 aromatic carbocycles. The summed E-state index contributed by atoms with van der Waals surface area (Å²) in [5.41, 5.74) is 1.67. The van der Waals surface area contributed by atoms with Gasteiger partial charge >= 0.3 is 0 Å². The van der Waals surface area contributed by atoms with E-state index >= 15 is 0 Å². The third kappa shape index (κ3) is 3.50. The number of carbonyl (C=O) groups excluding carboxylic acids is 2. The lowest BCUT2D eigenvalue weighted by Gasteiger charge is -2.25. The molecular weight excluding hydrogens is 368 g/mol. The van der Waals surface area contributed by atoms with Crippen molar-refractivity contribution in [2.24, 2.45) is 5.92 Å². The summed E-state index contributed by atoms with van der Waals surface area (Å²) in [5.74, 6) is 0.879. The van der Waals surface area contributed by atoms with Crippen molar-refractivity contribution in [1.82, 2.24) is 5.32 Å². The van der Waals surface area contributed by atoms with Crippen LogP contribution in [0.2, 0.25) is 0 Å². The van der Waals surface area contributed by atoms with E-state index in [1.54, 1.807) is 0 Å². The molecule has 0 bridgehead atoms. The highest BCUT2D eigenvalue weighted by Gasteiger charge is 2.30. The van der Waals surface area contributed by atoms with Crippen LogP contribution >= 0.6 is 24.0 Å². The first-order chi connectivity index (χ1) is 12.6. The first-order valence-electron chi connectivity index (χ1n) is 8.95. The Labute approximate surface area is 162 Å². The molecule has 1 aromatic rings. The van der Waals surface area contributed by atoms with Crippen LogP contribution in [0.3, 0.4) is 0 Å². The van der Waals surface area contributed by atoms with Gasteiger partial charge in [-0.1, -0.05) is 42.9 Å². The molecule has 5 nitrogen and oxygen atoms in total. The lowest BCUT2D eigenvalue weighted by Crippen LogP contribution is -2.35. The number of thioether (sulfide) groups is 1. The standard InChI is InChI=1S/C19H20N2O3S2/c22-17-16(26-19(25)20-17)11-12-6-7-15-14(10-12)21(8-3-9-24-15)18(23)13-4-1-2-5-13/h6-7,10-11,13H,1-5,8-9H2,(H,20,22,25). The van der Waals surface area contributed by atoms with Crippen molar-refractivity contribution in [1.29, 1.82) is 0 Å². The van der Waals surface area contributed by atoms with E-state index in [9.17, 15) is 9.59 Å². The Balaban J connectivity index is 1.67. The first-order valence-corrected chi connectivity index (χ1v) is 10.2. The van der Waals surface area contributed by atoms with Crippen LogP contribution in [0.4, 0.5) is 5.69 Å². The smallest absolute Gasteiger partial charge is 0.263 e. The summed E-state index contributed by atoms with van der Waals surface area (Å²) >= 11 is 6.29. The number of nitrogens with zero attached hydrogens (tertiary/aromatic N) is 1. The highest BCUT2D eigenvalue weighted by Crippen LogP contribution is 2.36. The van der Waals surface area contributed by atoms with Crippen molar-refractivity contribution in [3.8, 4) is 5.75 Å². The molecule has 0 spiro atoms. The lowest BCUT2D eigenvalue weighted by atomic mass is 10.1. The number of nitrogens with one attached hydrogen (secondary N) is 1. The molecule has 4 rings (SSSR count). The molecule has 26 heavy (non-hydrogen) atoms. The average molecular weight is 389 g/mol. The van der Waals surface area contributed by atoms with Crippen LogP contribution in [0.25, 0.3) is 6.08 Å². The van der Waals surface area contributed by atoms with Crippen LogP contribution in [-0.2, 0) is 9.59 Å². The quantitative estimate of drug-likeness (QED) is 0.621. The molecule has 0 atom stereocenters. The second-order valence-corrected chi connectivity index (χ2v) is 8.47. The van der Waals surface area contributed by atoms with Crippen molar-refractivity contribution >= 4 is 51.9 Å². The highest BCUT2D eigenvalue weighted by molar-refractivity contribution is 8.26. The minimum Gasteiger partial charge on any atom is -0.491 e. The Morgan fingerprint density at radius 3 is 2.85 bits per heavy atom. The maximum absolute atomic E-state index is 13.0. The fraction of sp³-hybridized carbons (Fsp3) is 0.421. The van der Waals surface area contributed by atoms with Gasteiger partial charge in [0.15, 0.2) is 0 Å². The minimum absolute atomic E-state index is 0.122. The zero-order valence-electron chi connectivity index (χ0n) is 14.3. The topological polar surface area (TPSA) is 58.6 Å². The van der Waals surface area contributed by atoms with Crippen molar-refractivity contribution in [2.45, 2.75) is 32.1 Å². The van der Waals surface area contributed by atoms with Gasteiger partial charge in [-0.3, -0.25) is 9.59 Å². The van der Waals surface area contributed by atoms with Gasteiger partial charge in [0.2, 0.25) is 5.91 Å². The number of hydrogen-bond donors (Lipinski definition) is 1. The predicted octanol–water partition coefficient (Wildman–Crippen LogP) is 3.48. The van der Waals surface area contributed by atoms with E-state index in [1.165, 1.54) is 11.8 Å². The molecule has 1 saturated carbocycles. The molecule has 2 fully saturated rings. The van der Waals surface area contributed by atoms with E-state index in [1.807, 2.05) is 29.2 Å². The Bertz CT molecular complexity index is 800. The third-order valence-corrected chi connectivity index (χ3v) is 6.13. The van der Waals surface area contributed by atoms with Gasteiger partial charge in [0.05, 0.1) is 17.2 Å². The van der Waals surface area contributed by atoms with Crippen molar-refractivity contribution in [3.05, 3.63) is 28.7 Å². The number of anilines is 1. The SMILES string of the molecule is O=C1NC(=S)SC1=Cc1ccc2c(c1)N(C(=O)C1CCCC1)CCCO2. The largest absolute Gasteiger partial charge is 0.491 e. The highest BCUT2D eigenvalue weighted by atomic mass is 32.2. The number of benzene rings is 1. The number of hydrogen-bond acceptors (Lipinski definition) is 5. The van der Waals surface area contributed by atoms with Gasteiger partial charge in [0.1, 0.15) is 10.1 Å². The van der Waals surface area contributed by atoms with Crippen LogP contribution in [-0.4, -0.2) is 29.3 Å². The number of ether oxygens (including phenoxy) is 1. The fourth-order valence-corrected chi connectivity index (χ4v) is 4.72. The van der Waals surface area contributed by atoms with Crippen molar-refractivity contribution in [2.75, 3.05) is 18.1 Å². The number of carbonyl (C=O) groups is 2. The molecule has 1 N–H and O–H groups in total. The molecule has 3 aliphatic rings. The number of rotatable bonds is 2.